The van der Waals surface area contributed by atoms with E-state index in [-0.39, 0.29) is 35.4 Å². The van der Waals surface area contributed by atoms with Crippen LogP contribution in [-0.2, 0) is 17.9 Å². The number of nitrogens with two attached hydrogens (primary N) is 1. The first-order valence-electron chi connectivity index (χ1n) is 8.33. The predicted octanol–water partition coefficient (Wildman–Crippen LogP) is 3.51. The first-order chi connectivity index (χ1) is 13.2. The third kappa shape index (κ3) is 4.12. The zero-order chi connectivity index (χ0) is 20.5. The zero-order valence-corrected chi connectivity index (χ0v) is 15.6. The van der Waals surface area contributed by atoms with Gasteiger partial charge in [-0.25, -0.2) is 9.69 Å². The van der Waals surface area contributed by atoms with Gasteiger partial charge in [-0.05, 0) is 60.1 Å². The number of aromatic nitrogens is 1. The van der Waals surface area contributed by atoms with E-state index >= 15 is 0 Å². The number of hydrogen-bond acceptors (Lipinski definition) is 5. The standard InChI is InChI=1S/C18H17F3N4O2S/c1-11-16(26)25(14-2-4-15(5-3-14)28-18(19,20)21)17(27)24(11)10-12-6-7-23-9-13(12)8-22/h2-7,9,11H,8,10,22H2,1H3. The van der Waals surface area contributed by atoms with Crippen molar-refractivity contribution >= 4 is 29.4 Å². The molecule has 1 aliphatic rings. The second kappa shape index (κ2) is 7.80. The summed E-state index contributed by atoms with van der Waals surface area (Å²) in [6, 6.07) is 5.62. The van der Waals surface area contributed by atoms with Crippen molar-refractivity contribution in [3.63, 3.8) is 0 Å². The van der Waals surface area contributed by atoms with Crippen molar-refractivity contribution in [3.8, 4) is 0 Å². The molecular weight excluding hydrogens is 393 g/mol. The smallest absolute Gasteiger partial charge is 0.326 e. The second-order valence-electron chi connectivity index (χ2n) is 6.15. The van der Waals surface area contributed by atoms with Crippen molar-refractivity contribution in [2.45, 2.75) is 36.5 Å². The molecule has 3 rings (SSSR count). The Labute approximate surface area is 163 Å². The minimum atomic E-state index is -4.41. The number of carbonyl (C=O) groups is 2. The van der Waals surface area contributed by atoms with Gasteiger partial charge in [0.15, 0.2) is 0 Å². The highest BCUT2D eigenvalue weighted by molar-refractivity contribution is 8.00. The summed E-state index contributed by atoms with van der Waals surface area (Å²) in [7, 11) is 0. The number of halogens is 3. The number of hydrogen-bond donors (Lipinski definition) is 1. The zero-order valence-electron chi connectivity index (χ0n) is 14.8. The van der Waals surface area contributed by atoms with Crippen LogP contribution in [0.15, 0.2) is 47.6 Å². The SMILES string of the molecule is CC1C(=O)N(c2ccc(SC(F)(F)F)cc2)C(=O)N1Cc1ccncc1CN. The minimum absolute atomic E-state index is 0.0235. The van der Waals surface area contributed by atoms with E-state index in [1.54, 1.807) is 25.4 Å². The molecule has 3 amide bonds. The lowest BCUT2D eigenvalue weighted by Gasteiger charge is -2.20. The summed E-state index contributed by atoms with van der Waals surface area (Å²) in [5.74, 6) is -0.440. The summed E-state index contributed by atoms with van der Waals surface area (Å²) in [5, 5.41) is 0. The number of anilines is 1. The molecule has 6 nitrogen and oxygen atoms in total. The third-order valence-electron chi connectivity index (χ3n) is 4.38. The minimum Gasteiger partial charge on any atom is -0.326 e. The molecule has 0 radical (unpaired) electrons. The number of urea groups is 1. The van der Waals surface area contributed by atoms with Gasteiger partial charge in [0.1, 0.15) is 6.04 Å². The molecule has 0 saturated carbocycles. The van der Waals surface area contributed by atoms with Crippen LogP contribution in [0.5, 0.6) is 0 Å². The van der Waals surface area contributed by atoms with Gasteiger partial charge in [0.25, 0.3) is 5.91 Å². The Bertz CT molecular complexity index is 889. The number of nitrogens with zero attached hydrogens (tertiary/aromatic N) is 3. The van der Waals surface area contributed by atoms with Crippen LogP contribution >= 0.6 is 11.8 Å². The molecule has 1 aromatic carbocycles. The van der Waals surface area contributed by atoms with Crippen molar-refractivity contribution in [3.05, 3.63) is 53.9 Å². The van der Waals surface area contributed by atoms with Gasteiger partial charge >= 0.3 is 11.5 Å². The first-order valence-corrected chi connectivity index (χ1v) is 9.15. The highest BCUT2D eigenvalue weighted by Crippen LogP contribution is 2.38. The normalized spacial score (nSPS) is 17.5. The molecule has 1 atom stereocenters. The van der Waals surface area contributed by atoms with E-state index in [2.05, 4.69) is 4.98 Å². The van der Waals surface area contributed by atoms with Gasteiger partial charge in [0.2, 0.25) is 0 Å². The largest absolute Gasteiger partial charge is 0.446 e. The molecule has 2 heterocycles. The van der Waals surface area contributed by atoms with Crippen LogP contribution in [0.1, 0.15) is 18.1 Å². The Balaban J connectivity index is 1.82. The Morgan fingerprint density at radius 3 is 2.43 bits per heavy atom. The number of alkyl halides is 3. The summed E-state index contributed by atoms with van der Waals surface area (Å²) in [4.78, 5) is 31.8. The maximum absolute atomic E-state index is 12.8. The maximum atomic E-state index is 12.8. The Hall–Kier alpha value is -2.59. The molecule has 1 saturated heterocycles. The molecule has 0 bridgehead atoms. The van der Waals surface area contributed by atoms with E-state index in [9.17, 15) is 22.8 Å². The number of benzene rings is 1. The molecule has 0 spiro atoms. The molecule has 28 heavy (non-hydrogen) atoms. The molecule has 1 unspecified atom stereocenters. The fourth-order valence-corrected chi connectivity index (χ4v) is 3.46. The Morgan fingerprint density at radius 1 is 1.14 bits per heavy atom. The van der Waals surface area contributed by atoms with Gasteiger partial charge in [-0.2, -0.15) is 13.2 Å². The number of thioether (sulfide) groups is 1. The van der Waals surface area contributed by atoms with Crippen LogP contribution in [0.4, 0.5) is 23.7 Å². The van der Waals surface area contributed by atoms with Crippen molar-refractivity contribution in [2.24, 2.45) is 5.73 Å². The first kappa shape index (κ1) is 20.2. The topological polar surface area (TPSA) is 79.5 Å². The lowest BCUT2D eigenvalue weighted by atomic mass is 10.1. The Kier molecular flexibility index (Phi) is 5.61. The van der Waals surface area contributed by atoms with E-state index in [0.717, 1.165) is 16.0 Å². The second-order valence-corrected chi connectivity index (χ2v) is 7.29. The van der Waals surface area contributed by atoms with Crippen LogP contribution in [0.25, 0.3) is 0 Å². The van der Waals surface area contributed by atoms with Crippen molar-refractivity contribution < 1.29 is 22.8 Å². The highest BCUT2D eigenvalue weighted by atomic mass is 32.2. The summed E-state index contributed by atoms with van der Waals surface area (Å²) in [5.41, 5.74) is 3.06. The van der Waals surface area contributed by atoms with E-state index in [0.29, 0.717) is 0 Å². The lowest BCUT2D eigenvalue weighted by molar-refractivity contribution is -0.119. The predicted molar refractivity (Wildman–Crippen MR) is 98.4 cm³/mol. The lowest BCUT2D eigenvalue weighted by Crippen LogP contribution is -2.33. The third-order valence-corrected chi connectivity index (χ3v) is 5.12. The summed E-state index contributed by atoms with van der Waals surface area (Å²) < 4.78 is 37.4. The van der Waals surface area contributed by atoms with E-state index in [1.807, 2.05) is 0 Å². The van der Waals surface area contributed by atoms with Crippen molar-refractivity contribution in [1.29, 1.82) is 0 Å². The highest BCUT2D eigenvalue weighted by Gasteiger charge is 2.43. The fraction of sp³-hybridized carbons (Fsp3) is 0.278. The van der Waals surface area contributed by atoms with E-state index in [4.69, 9.17) is 5.73 Å². The molecular formula is C18H17F3N4O2S. The summed E-state index contributed by atoms with van der Waals surface area (Å²) in [6.45, 7) is 2.03. The number of rotatable bonds is 5. The van der Waals surface area contributed by atoms with E-state index in [1.165, 1.54) is 29.2 Å². The van der Waals surface area contributed by atoms with Crippen LogP contribution in [0.2, 0.25) is 0 Å². The van der Waals surface area contributed by atoms with Crippen molar-refractivity contribution in [1.82, 2.24) is 9.88 Å². The van der Waals surface area contributed by atoms with Crippen LogP contribution in [-0.4, -0.2) is 33.4 Å². The average Bonchev–Trinajstić information content (AvgIpc) is 2.85. The molecule has 1 fully saturated rings. The van der Waals surface area contributed by atoms with Gasteiger partial charge in [-0.3, -0.25) is 9.78 Å². The fourth-order valence-electron chi connectivity index (χ4n) is 2.93. The molecule has 2 aromatic rings. The van der Waals surface area contributed by atoms with Gasteiger partial charge in [-0.15, -0.1) is 0 Å². The van der Waals surface area contributed by atoms with Crippen LogP contribution in [0, 0.1) is 0 Å². The van der Waals surface area contributed by atoms with Gasteiger partial charge in [0.05, 0.1) is 5.69 Å². The van der Waals surface area contributed by atoms with Crippen LogP contribution in [0.3, 0.4) is 0 Å². The molecule has 10 heteroatoms. The summed E-state index contributed by atoms with van der Waals surface area (Å²) >= 11 is -0.256. The van der Waals surface area contributed by atoms with Gasteiger partial charge in [0, 0.05) is 30.4 Å². The molecule has 1 aromatic heterocycles. The molecule has 2 N–H and O–H groups in total. The quantitative estimate of drug-likeness (QED) is 0.603. The monoisotopic (exact) mass is 410 g/mol. The number of pyridine rings is 1. The average molecular weight is 410 g/mol. The van der Waals surface area contributed by atoms with Gasteiger partial charge < -0.3 is 10.6 Å². The maximum Gasteiger partial charge on any atom is 0.446 e. The molecule has 148 valence electrons. The summed E-state index contributed by atoms with van der Waals surface area (Å²) in [6.07, 6.45) is 3.19. The Morgan fingerprint density at radius 2 is 1.82 bits per heavy atom. The number of imide groups is 1. The van der Waals surface area contributed by atoms with Crippen LogP contribution < -0.4 is 10.6 Å². The molecule has 0 aliphatic carbocycles. The van der Waals surface area contributed by atoms with Crippen molar-refractivity contribution in [2.75, 3.05) is 4.90 Å². The number of carbonyl (C=O) groups excluding carboxylic acids is 2. The van der Waals surface area contributed by atoms with E-state index < -0.39 is 23.5 Å². The van der Waals surface area contributed by atoms with Gasteiger partial charge in [-0.1, -0.05) is 0 Å². The molecule has 1 aliphatic heterocycles. The number of amides is 3.